The molecule has 0 saturated heterocycles. The van der Waals surface area contributed by atoms with Crippen LogP contribution in [0.2, 0.25) is 10.0 Å². The molecule has 0 aliphatic heterocycles. The Morgan fingerprint density at radius 2 is 0.942 bits per heavy atom. The van der Waals surface area contributed by atoms with E-state index in [0.717, 1.165) is 47.9 Å². The van der Waals surface area contributed by atoms with Crippen molar-refractivity contribution >= 4 is 44.8 Å². The molecule has 4 atom stereocenters. The fraction of sp³-hybridized carbons (Fsp3) is 0.300. The third kappa shape index (κ3) is 7.17. The van der Waals surface area contributed by atoms with Crippen LogP contribution in [0, 0.1) is 11.8 Å². The molecule has 2 aliphatic carbocycles. The van der Waals surface area contributed by atoms with E-state index in [9.17, 15) is 10.2 Å². The molecule has 0 spiro atoms. The van der Waals surface area contributed by atoms with E-state index >= 15 is 0 Å². The number of halogens is 2. The highest BCUT2D eigenvalue weighted by Crippen LogP contribution is 2.55. The van der Waals surface area contributed by atoms with Gasteiger partial charge < -0.3 is 19.3 Å². The number of hydrogen-bond acceptors (Lipinski definition) is 8. The lowest BCUT2D eigenvalue weighted by atomic mass is 9.74. The Bertz CT molecular complexity index is 1980. The second-order valence-electron chi connectivity index (χ2n) is 13.9. The summed E-state index contributed by atoms with van der Waals surface area (Å²) in [6.07, 6.45) is 7.41. The van der Waals surface area contributed by atoms with Crippen LogP contribution in [0.1, 0.15) is 59.8 Å². The number of hydrogen-bond donors (Lipinski definition) is 2. The van der Waals surface area contributed by atoms with Gasteiger partial charge in [-0.05, 0) is 93.5 Å². The summed E-state index contributed by atoms with van der Waals surface area (Å²) in [5, 5.41) is 45.7. The quantitative estimate of drug-likeness (QED) is 0.0998. The standard InChI is InChI=1S/C40H38Cl2N6O2S2/c41-33-17-9-7-15-31(33)35(27-19-20-27)39(49,29-11-3-1-4-12-29)23-47-25-43-45-37(47)51-52-38-46-44-26-48(38)24-40(50,30-13-5-2-6-14-30)36(28-21-22-28)32-16-8-10-18-34(32)42/h1-18,25-28,35-36,49-50H,19-24H2. The minimum absolute atomic E-state index is 0.223. The molecule has 2 heterocycles. The van der Waals surface area contributed by atoms with Gasteiger partial charge in [0.05, 0.1) is 13.1 Å². The second kappa shape index (κ2) is 15.0. The van der Waals surface area contributed by atoms with Gasteiger partial charge in [-0.1, -0.05) is 120 Å². The predicted molar refractivity (Wildman–Crippen MR) is 206 cm³/mol. The summed E-state index contributed by atoms with van der Waals surface area (Å²) in [5.41, 5.74) is 0.919. The Morgan fingerprint density at radius 3 is 1.31 bits per heavy atom. The molecule has 0 amide bonds. The lowest BCUT2D eigenvalue weighted by molar-refractivity contribution is -0.0195. The van der Waals surface area contributed by atoms with Crippen molar-refractivity contribution in [2.24, 2.45) is 11.8 Å². The van der Waals surface area contributed by atoms with Crippen LogP contribution in [-0.2, 0) is 24.3 Å². The van der Waals surface area contributed by atoms with Crippen LogP contribution >= 0.6 is 44.8 Å². The highest BCUT2D eigenvalue weighted by atomic mass is 35.5. The van der Waals surface area contributed by atoms with Crippen LogP contribution in [-0.4, -0.2) is 39.7 Å². The average molecular weight is 770 g/mol. The Hall–Kier alpha value is -3.64. The average Bonchev–Trinajstić information content (AvgIpc) is 4.10. The second-order valence-corrected chi connectivity index (χ2v) is 16.8. The molecule has 8 rings (SSSR count). The Balaban J connectivity index is 1.08. The minimum atomic E-state index is -1.29. The lowest BCUT2D eigenvalue weighted by Crippen LogP contribution is -2.39. The number of nitrogens with zero attached hydrogens (tertiary/aromatic N) is 6. The first kappa shape index (κ1) is 35.4. The normalized spacial score (nSPS) is 18.0. The Morgan fingerprint density at radius 1 is 0.577 bits per heavy atom. The summed E-state index contributed by atoms with van der Waals surface area (Å²) in [7, 11) is 2.77. The highest BCUT2D eigenvalue weighted by molar-refractivity contribution is 8.76. The molecule has 8 nitrogen and oxygen atoms in total. The molecule has 12 heteroatoms. The van der Waals surface area contributed by atoms with Crippen molar-refractivity contribution in [3.8, 4) is 0 Å². The van der Waals surface area contributed by atoms with Crippen LogP contribution in [0.15, 0.2) is 132 Å². The van der Waals surface area contributed by atoms with Crippen LogP contribution in [0.25, 0.3) is 0 Å². The van der Waals surface area contributed by atoms with E-state index in [4.69, 9.17) is 23.2 Å². The fourth-order valence-electron chi connectivity index (χ4n) is 7.74. The van der Waals surface area contributed by atoms with Crippen molar-refractivity contribution in [2.45, 2.75) is 72.1 Å². The van der Waals surface area contributed by atoms with Crippen LogP contribution in [0.3, 0.4) is 0 Å². The molecular formula is C40H38Cl2N6O2S2. The molecule has 2 aliphatic rings. The number of aromatic nitrogens is 6. The molecule has 266 valence electrons. The molecule has 4 aromatic carbocycles. The Labute approximate surface area is 321 Å². The third-order valence-electron chi connectivity index (χ3n) is 10.4. The van der Waals surface area contributed by atoms with E-state index in [1.54, 1.807) is 12.7 Å². The first-order valence-corrected chi connectivity index (χ1v) is 20.4. The maximum absolute atomic E-state index is 12.9. The first-order chi connectivity index (χ1) is 25.3. The molecule has 0 bridgehead atoms. The summed E-state index contributed by atoms with van der Waals surface area (Å²) in [4.78, 5) is 0. The van der Waals surface area contributed by atoms with Crippen molar-refractivity contribution < 1.29 is 10.2 Å². The van der Waals surface area contributed by atoms with Gasteiger partial charge in [0.2, 0.25) is 10.3 Å². The molecule has 2 fully saturated rings. The number of aliphatic hydroxyl groups is 2. The molecule has 2 saturated carbocycles. The van der Waals surface area contributed by atoms with Crippen molar-refractivity contribution in [3.63, 3.8) is 0 Å². The highest BCUT2D eigenvalue weighted by Gasteiger charge is 2.50. The van der Waals surface area contributed by atoms with Gasteiger partial charge in [-0.15, -0.1) is 20.4 Å². The van der Waals surface area contributed by atoms with Gasteiger partial charge in [-0.25, -0.2) is 0 Å². The molecule has 4 unspecified atom stereocenters. The SMILES string of the molecule is OC(Cn1cnnc1SSc1nncn1CC(O)(c1ccccc1)C(c1ccccc1Cl)C1CC1)(c1ccccc1)C(c1ccccc1Cl)C1CC1. The minimum Gasteiger partial charge on any atom is -0.383 e. The summed E-state index contributed by atoms with van der Waals surface area (Å²) in [6.45, 7) is 0.446. The first-order valence-electron chi connectivity index (χ1n) is 17.5. The van der Waals surface area contributed by atoms with Gasteiger partial charge in [-0.2, -0.15) is 0 Å². The van der Waals surface area contributed by atoms with Crippen LogP contribution in [0.4, 0.5) is 0 Å². The van der Waals surface area contributed by atoms with E-state index < -0.39 is 11.2 Å². The predicted octanol–water partition coefficient (Wildman–Crippen LogP) is 9.14. The molecule has 52 heavy (non-hydrogen) atoms. The van der Waals surface area contributed by atoms with E-state index in [2.05, 4.69) is 20.4 Å². The fourth-order valence-corrected chi connectivity index (χ4v) is 10.2. The lowest BCUT2D eigenvalue weighted by Gasteiger charge is -2.38. The summed E-state index contributed by atoms with van der Waals surface area (Å²) in [5.74, 6) is 0.124. The smallest absolute Gasteiger partial charge is 0.202 e. The largest absolute Gasteiger partial charge is 0.383 e. The Kier molecular flexibility index (Phi) is 10.2. The van der Waals surface area contributed by atoms with E-state index in [1.165, 1.54) is 21.6 Å². The van der Waals surface area contributed by atoms with Gasteiger partial charge in [-0.3, -0.25) is 0 Å². The summed E-state index contributed by atoms with van der Waals surface area (Å²) in [6, 6.07) is 35.3. The van der Waals surface area contributed by atoms with Crippen molar-refractivity contribution in [3.05, 3.63) is 154 Å². The number of benzene rings is 4. The monoisotopic (exact) mass is 768 g/mol. The van der Waals surface area contributed by atoms with Gasteiger partial charge in [0.25, 0.3) is 0 Å². The molecule has 2 N–H and O–H groups in total. The zero-order chi connectivity index (χ0) is 35.7. The molecule has 2 aromatic heterocycles. The van der Waals surface area contributed by atoms with Crippen molar-refractivity contribution in [1.82, 2.24) is 29.5 Å². The van der Waals surface area contributed by atoms with Gasteiger partial charge in [0.1, 0.15) is 23.9 Å². The van der Waals surface area contributed by atoms with E-state index in [0.29, 0.717) is 32.2 Å². The summed E-state index contributed by atoms with van der Waals surface area (Å²) >= 11 is 13.6. The van der Waals surface area contributed by atoms with Gasteiger partial charge in [0, 0.05) is 21.9 Å². The van der Waals surface area contributed by atoms with E-state index in [1.807, 2.05) is 118 Å². The van der Waals surface area contributed by atoms with Gasteiger partial charge in [0.15, 0.2) is 0 Å². The maximum atomic E-state index is 12.9. The van der Waals surface area contributed by atoms with E-state index in [-0.39, 0.29) is 24.9 Å². The number of rotatable bonds is 15. The van der Waals surface area contributed by atoms with Crippen LogP contribution in [0.5, 0.6) is 0 Å². The molecule has 6 aromatic rings. The molecular weight excluding hydrogens is 732 g/mol. The zero-order valence-electron chi connectivity index (χ0n) is 28.2. The summed E-state index contributed by atoms with van der Waals surface area (Å²) < 4.78 is 3.80. The third-order valence-corrected chi connectivity index (χ3v) is 13.3. The molecule has 0 radical (unpaired) electrons. The maximum Gasteiger partial charge on any atom is 0.202 e. The zero-order valence-corrected chi connectivity index (χ0v) is 31.4. The van der Waals surface area contributed by atoms with Crippen molar-refractivity contribution in [2.75, 3.05) is 0 Å². The van der Waals surface area contributed by atoms with Gasteiger partial charge >= 0.3 is 0 Å². The topological polar surface area (TPSA) is 102 Å². The van der Waals surface area contributed by atoms with Crippen LogP contribution < -0.4 is 0 Å². The van der Waals surface area contributed by atoms with Crippen molar-refractivity contribution in [1.29, 1.82) is 0 Å².